The summed E-state index contributed by atoms with van der Waals surface area (Å²) in [5.74, 6) is -0.253. The molecule has 0 saturated carbocycles. The van der Waals surface area contributed by atoms with E-state index in [0.29, 0.717) is 16.4 Å². The summed E-state index contributed by atoms with van der Waals surface area (Å²) in [7, 11) is -3.83. The van der Waals surface area contributed by atoms with E-state index in [9.17, 15) is 13.2 Å². The van der Waals surface area contributed by atoms with Crippen LogP contribution in [-0.2, 0) is 14.8 Å². The topological polar surface area (TPSA) is 84.5 Å². The van der Waals surface area contributed by atoms with Gasteiger partial charge in [0.1, 0.15) is 5.75 Å². The van der Waals surface area contributed by atoms with Gasteiger partial charge in [0.2, 0.25) is 0 Å². The highest BCUT2D eigenvalue weighted by molar-refractivity contribution is 7.92. The summed E-state index contributed by atoms with van der Waals surface area (Å²) in [6, 6.07) is 17.8. The van der Waals surface area contributed by atoms with Gasteiger partial charge in [-0.2, -0.15) is 0 Å². The van der Waals surface area contributed by atoms with Crippen LogP contribution in [0.4, 0.5) is 11.4 Å². The quantitative estimate of drug-likeness (QED) is 0.507. The number of nitrogens with one attached hydrogen (secondary N) is 2. The molecule has 2 N–H and O–H groups in total. The Morgan fingerprint density at radius 2 is 1.67 bits per heavy atom. The first-order valence-corrected chi connectivity index (χ1v) is 11.0. The van der Waals surface area contributed by atoms with Crippen molar-refractivity contribution < 1.29 is 17.9 Å². The van der Waals surface area contributed by atoms with Crippen LogP contribution in [0.1, 0.15) is 5.56 Å². The minimum Gasteiger partial charge on any atom is -0.482 e. The lowest BCUT2D eigenvalue weighted by molar-refractivity contribution is -0.118. The predicted octanol–water partition coefficient (Wildman–Crippen LogP) is 5.12. The van der Waals surface area contributed by atoms with Gasteiger partial charge in [0.25, 0.3) is 15.9 Å². The van der Waals surface area contributed by atoms with Crippen molar-refractivity contribution in [1.29, 1.82) is 0 Å². The Balaban J connectivity index is 1.65. The third kappa shape index (κ3) is 5.66. The number of sulfonamides is 1. The van der Waals surface area contributed by atoms with Crippen molar-refractivity contribution in [2.24, 2.45) is 0 Å². The Bertz CT molecular complexity index is 1170. The molecule has 0 unspecified atom stereocenters. The lowest BCUT2D eigenvalue weighted by Gasteiger charge is -2.12. The highest BCUT2D eigenvalue weighted by Gasteiger charge is 2.17. The Morgan fingerprint density at radius 1 is 0.967 bits per heavy atom. The average Bonchev–Trinajstić information content (AvgIpc) is 2.70. The Kier molecular flexibility index (Phi) is 6.87. The third-order valence-corrected chi connectivity index (χ3v) is 6.03. The van der Waals surface area contributed by atoms with E-state index in [1.165, 1.54) is 18.2 Å². The molecule has 0 aliphatic carbocycles. The molecule has 1 amide bonds. The third-order valence-electron chi connectivity index (χ3n) is 4.02. The number of halogens is 2. The van der Waals surface area contributed by atoms with Crippen molar-refractivity contribution >= 4 is 50.5 Å². The molecule has 0 heterocycles. The standard InChI is InChI=1S/C21H18Cl2N2O4S/c1-14-6-8-15(9-7-14)25-30(27,28)16-10-11-20(18(23)12-16)29-13-21(26)24-19-5-3-2-4-17(19)22/h2-12,25H,13H2,1H3,(H,24,26). The summed E-state index contributed by atoms with van der Waals surface area (Å²) in [5, 5.41) is 3.09. The summed E-state index contributed by atoms with van der Waals surface area (Å²) >= 11 is 12.2. The second-order valence-electron chi connectivity index (χ2n) is 6.38. The van der Waals surface area contributed by atoms with Crippen LogP contribution in [0.15, 0.2) is 71.6 Å². The van der Waals surface area contributed by atoms with Crippen molar-refractivity contribution in [3.8, 4) is 5.75 Å². The molecule has 0 fully saturated rings. The van der Waals surface area contributed by atoms with E-state index < -0.39 is 15.9 Å². The summed E-state index contributed by atoms with van der Waals surface area (Å²) in [6.45, 7) is 1.59. The van der Waals surface area contributed by atoms with Crippen LogP contribution in [0.3, 0.4) is 0 Å². The van der Waals surface area contributed by atoms with Crippen LogP contribution in [0.5, 0.6) is 5.75 Å². The van der Waals surface area contributed by atoms with E-state index in [2.05, 4.69) is 10.0 Å². The van der Waals surface area contributed by atoms with E-state index in [1.54, 1.807) is 48.5 Å². The summed E-state index contributed by atoms with van der Waals surface area (Å²) < 4.78 is 33.0. The van der Waals surface area contributed by atoms with Crippen LogP contribution in [0, 0.1) is 6.92 Å². The SMILES string of the molecule is Cc1ccc(NS(=O)(=O)c2ccc(OCC(=O)Nc3ccccc3Cl)c(Cl)c2)cc1. The molecule has 0 aliphatic heterocycles. The highest BCUT2D eigenvalue weighted by atomic mass is 35.5. The summed E-state index contributed by atoms with van der Waals surface area (Å²) in [6.07, 6.45) is 0. The van der Waals surface area contributed by atoms with E-state index in [1.807, 2.05) is 6.92 Å². The number of rotatable bonds is 7. The minimum atomic E-state index is -3.83. The number of para-hydroxylation sites is 1. The maximum atomic E-state index is 12.6. The maximum Gasteiger partial charge on any atom is 0.262 e. The van der Waals surface area contributed by atoms with Gasteiger partial charge in [-0.15, -0.1) is 0 Å². The van der Waals surface area contributed by atoms with Gasteiger partial charge in [-0.3, -0.25) is 9.52 Å². The van der Waals surface area contributed by atoms with Gasteiger partial charge in [0.15, 0.2) is 6.61 Å². The molecular weight excluding hydrogens is 447 g/mol. The van der Waals surface area contributed by atoms with Crippen LogP contribution < -0.4 is 14.8 Å². The normalized spacial score (nSPS) is 11.0. The largest absolute Gasteiger partial charge is 0.482 e. The van der Waals surface area contributed by atoms with E-state index in [-0.39, 0.29) is 22.3 Å². The van der Waals surface area contributed by atoms with Gasteiger partial charge in [-0.25, -0.2) is 8.42 Å². The van der Waals surface area contributed by atoms with Gasteiger partial charge >= 0.3 is 0 Å². The number of amides is 1. The second kappa shape index (κ2) is 9.38. The molecule has 0 bridgehead atoms. The molecule has 0 aromatic heterocycles. The van der Waals surface area contributed by atoms with E-state index in [4.69, 9.17) is 27.9 Å². The van der Waals surface area contributed by atoms with Crippen molar-refractivity contribution in [3.05, 3.63) is 82.3 Å². The Labute approximate surface area is 184 Å². The number of carbonyl (C=O) groups excluding carboxylic acids is 1. The van der Waals surface area contributed by atoms with Gasteiger partial charge in [0.05, 0.1) is 20.6 Å². The summed E-state index contributed by atoms with van der Waals surface area (Å²) in [5.41, 5.74) is 1.91. The van der Waals surface area contributed by atoms with Crippen molar-refractivity contribution in [1.82, 2.24) is 0 Å². The van der Waals surface area contributed by atoms with E-state index in [0.717, 1.165) is 5.56 Å². The molecule has 30 heavy (non-hydrogen) atoms. The average molecular weight is 465 g/mol. The smallest absolute Gasteiger partial charge is 0.262 e. The Hall–Kier alpha value is -2.74. The number of hydrogen-bond donors (Lipinski definition) is 2. The first-order chi connectivity index (χ1) is 14.2. The zero-order valence-corrected chi connectivity index (χ0v) is 18.2. The molecular formula is C21H18Cl2N2O4S. The zero-order valence-electron chi connectivity index (χ0n) is 15.9. The minimum absolute atomic E-state index is 0.0269. The van der Waals surface area contributed by atoms with Crippen LogP contribution >= 0.6 is 23.2 Å². The molecule has 3 aromatic carbocycles. The molecule has 3 rings (SSSR count). The molecule has 6 nitrogen and oxygen atoms in total. The number of benzene rings is 3. The fraction of sp³-hybridized carbons (Fsp3) is 0.0952. The van der Waals surface area contributed by atoms with Crippen LogP contribution in [0.25, 0.3) is 0 Å². The first kappa shape index (κ1) is 22.0. The lowest BCUT2D eigenvalue weighted by Crippen LogP contribution is -2.20. The van der Waals surface area contributed by atoms with Crippen LogP contribution in [0.2, 0.25) is 10.0 Å². The fourth-order valence-electron chi connectivity index (χ4n) is 2.49. The predicted molar refractivity (Wildman–Crippen MR) is 119 cm³/mol. The number of hydrogen-bond acceptors (Lipinski definition) is 4. The lowest BCUT2D eigenvalue weighted by atomic mass is 10.2. The van der Waals surface area contributed by atoms with Gasteiger partial charge in [-0.05, 0) is 49.4 Å². The molecule has 0 aliphatic rings. The fourth-order valence-corrected chi connectivity index (χ4v) is 4.06. The number of anilines is 2. The Morgan fingerprint density at radius 3 is 2.33 bits per heavy atom. The van der Waals surface area contributed by atoms with Gasteiger partial charge < -0.3 is 10.1 Å². The maximum absolute atomic E-state index is 12.6. The molecule has 0 saturated heterocycles. The molecule has 0 atom stereocenters. The molecule has 9 heteroatoms. The highest BCUT2D eigenvalue weighted by Crippen LogP contribution is 2.28. The molecule has 0 spiro atoms. The molecule has 0 radical (unpaired) electrons. The number of aryl methyl sites for hydroxylation is 1. The number of carbonyl (C=O) groups is 1. The van der Waals surface area contributed by atoms with Crippen molar-refractivity contribution in [2.45, 2.75) is 11.8 Å². The van der Waals surface area contributed by atoms with Crippen LogP contribution in [-0.4, -0.2) is 20.9 Å². The first-order valence-electron chi connectivity index (χ1n) is 8.81. The zero-order chi connectivity index (χ0) is 21.7. The number of ether oxygens (including phenoxy) is 1. The summed E-state index contributed by atoms with van der Waals surface area (Å²) in [4.78, 5) is 12.0. The second-order valence-corrected chi connectivity index (χ2v) is 8.88. The molecule has 156 valence electrons. The monoisotopic (exact) mass is 464 g/mol. The molecule has 3 aromatic rings. The van der Waals surface area contributed by atoms with Crippen molar-refractivity contribution in [2.75, 3.05) is 16.6 Å². The van der Waals surface area contributed by atoms with Crippen molar-refractivity contribution in [3.63, 3.8) is 0 Å². The van der Waals surface area contributed by atoms with E-state index >= 15 is 0 Å². The van der Waals surface area contributed by atoms with Gasteiger partial charge in [0, 0.05) is 5.69 Å². The van der Waals surface area contributed by atoms with Gasteiger partial charge in [-0.1, -0.05) is 53.0 Å².